The molecule has 2 heterocycles. The van der Waals surface area contributed by atoms with Crippen LogP contribution < -0.4 is 14.2 Å². The van der Waals surface area contributed by atoms with Crippen molar-refractivity contribution in [1.82, 2.24) is 15.0 Å². The van der Waals surface area contributed by atoms with Crippen LogP contribution in [-0.4, -0.2) is 46.6 Å². The number of oxime groups is 1. The highest BCUT2D eigenvalue weighted by atomic mass is 16.7. The lowest BCUT2D eigenvalue weighted by Gasteiger charge is -2.09. The van der Waals surface area contributed by atoms with Crippen molar-refractivity contribution in [2.75, 3.05) is 14.2 Å². The third kappa shape index (κ3) is 4.72. The van der Waals surface area contributed by atoms with E-state index in [9.17, 15) is 9.59 Å². The molecule has 0 fully saturated rings. The molecule has 0 bridgehead atoms. The SMILES string of the molecule is COc1cc(OC)nc(Oc2cccnc2C(=O)O/N=C(\C)C(C)=O)n1. The molecule has 2 aromatic rings. The highest BCUT2D eigenvalue weighted by Crippen LogP contribution is 2.25. The minimum Gasteiger partial charge on any atom is -0.481 e. The molecule has 26 heavy (non-hydrogen) atoms. The molecule has 0 saturated carbocycles. The van der Waals surface area contributed by atoms with Crippen molar-refractivity contribution in [2.24, 2.45) is 5.16 Å². The summed E-state index contributed by atoms with van der Waals surface area (Å²) in [6, 6.07) is 4.37. The number of carbonyl (C=O) groups is 2. The second-order valence-electron chi connectivity index (χ2n) is 4.80. The third-order valence-corrected chi connectivity index (χ3v) is 3.02. The molecular weight excluding hydrogens is 344 g/mol. The molecule has 0 spiro atoms. The fourth-order valence-corrected chi connectivity index (χ4v) is 1.58. The minimum atomic E-state index is -0.906. The van der Waals surface area contributed by atoms with Crippen molar-refractivity contribution < 1.29 is 28.6 Å². The van der Waals surface area contributed by atoms with E-state index in [1.54, 1.807) is 6.07 Å². The first-order chi connectivity index (χ1) is 12.4. The van der Waals surface area contributed by atoms with Gasteiger partial charge in [-0.3, -0.25) is 4.79 Å². The smallest absolute Gasteiger partial charge is 0.387 e. The van der Waals surface area contributed by atoms with Crippen molar-refractivity contribution in [1.29, 1.82) is 0 Å². The fourth-order valence-electron chi connectivity index (χ4n) is 1.58. The van der Waals surface area contributed by atoms with Gasteiger partial charge < -0.3 is 19.0 Å². The number of methoxy groups -OCH3 is 2. The first-order valence-corrected chi connectivity index (χ1v) is 7.31. The Morgan fingerprint density at radius 3 is 2.31 bits per heavy atom. The van der Waals surface area contributed by atoms with Gasteiger partial charge in [-0.25, -0.2) is 9.78 Å². The lowest BCUT2D eigenvalue weighted by Crippen LogP contribution is -2.10. The fraction of sp³-hybridized carbons (Fsp3) is 0.250. The largest absolute Gasteiger partial charge is 0.481 e. The number of rotatable bonds is 7. The maximum Gasteiger partial charge on any atom is 0.387 e. The molecule has 2 rings (SSSR count). The Morgan fingerprint density at radius 2 is 1.73 bits per heavy atom. The van der Waals surface area contributed by atoms with Crippen LogP contribution in [0.1, 0.15) is 24.3 Å². The topological polar surface area (TPSA) is 122 Å². The zero-order valence-corrected chi connectivity index (χ0v) is 14.5. The Bertz CT molecular complexity index is 830. The van der Waals surface area contributed by atoms with E-state index in [1.165, 1.54) is 46.4 Å². The number of Topliss-reactive ketones (excluding diaryl/α,β-unsaturated/α-hetero) is 1. The van der Waals surface area contributed by atoms with Crippen LogP contribution in [0.15, 0.2) is 29.6 Å². The maximum atomic E-state index is 12.2. The average molecular weight is 360 g/mol. The second kappa shape index (κ2) is 8.51. The third-order valence-electron chi connectivity index (χ3n) is 3.02. The van der Waals surface area contributed by atoms with Crippen molar-refractivity contribution >= 4 is 17.5 Å². The Hall–Kier alpha value is -3.56. The van der Waals surface area contributed by atoms with E-state index >= 15 is 0 Å². The minimum absolute atomic E-state index is 0.0310. The zero-order valence-electron chi connectivity index (χ0n) is 14.5. The molecule has 0 atom stereocenters. The summed E-state index contributed by atoms with van der Waals surface area (Å²) in [5.74, 6) is -0.783. The summed E-state index contributed by atoms with van der Waals surface area (Å²) in [6.07, 6.45) is 1.37. The van der Waals surface area contributed by atoms with Crippen LogP contribution in [0.5, 0.6) is 23.5 Å². The molecule has 0 saturated heterocycles. The van der Waals surface area contributed by atoms with Crippen molar-refractivity contribution in [2.45, 2.75) is 13.8 Å². The van der Waals surface area contributed by atoms with Gasteiger partial charge in [-0.1, -0.05) is 5.16 Å². The van der Waals surface area contributed by atoms with Gasteiger partial charge in [0.15, 0.2) is 17.2 Å². The number of ketones is 1. The summed E-state index contributed by atoms with van der Waals surface area (Å²) >= 11 is 0. The molecule has 0 aliphatic rings. The van der Waals surface area contributed by atoms with E-state index in [0.29, 0.717) is 0 Å². The highest BCUT2D eigenvalue weighted by Gasteiger charge is 2.19. The average Bonchev–Trinajstić information content (AvgIpc) is 2.65. The maximum absolute atomic E-state index is 12.2. The molecule has 0 amide bonds. The first kappa shape index (κ1) is 18.8. The first-order valence-electron chi connectivity index (χ1n) is 7.31. The molecule has 0 N–H and O–H groups in total. The molecule has 0 radical (unpaired) electrons. The standard InChI is InChI=1S/C16H16N4O6/c1-9(10(2)21)20-26-15(22)14-11(6-5-7-17-14)25-16-18-12(23-3)8-13(19-16)24-4/h5-8H,1-4H3/b20-9+. The number of carbonyl (C=O) groups excluding carboxylic acids is 2. The number of pyridine rings is 1. The van der Waals surface area contributed by atoms with Gasteiger partial charge in [0.05, 0.1) is 20.3 Å². The molecule has 0 aliphatic carbocycles. The number of nitrogens with zero attached hydrogens (tertiary/aromatic N) is 4. The molecule has 0 aliphatic heterocycles. The normalized spacial score (nSPS) is 10.8. The lowest BCUT2D eigenvalue weighted by atomic mass is 10.3. The summed E-state index contributed by atoms with van der Waals surface area (Å²) in [5.41, 5.74) is -0.129. The molecule has 136 valence electrons. The predicted molar refractivity (Wildman–Crippen MR) is 88.7 cm³/mol. The van der Waals surface area contributed by atoms with Crippen LogP contribution in [0.2, 0.25) is 0 Å². The van der Waals surface area contributed by atoms with Crippen LogP contribution in [0.25, 0.3) is 0 Å². The Balaban J connectivity index is 2.28. The summed E-state index contributed by atoms with van der Waals surface area (Å²) in [6.45, 7) is 2.72. The monoisotopic (exact) mass is 360 g/mol. The van der Waals surface area contributed by atoms with Crippen molar-refractivity contribution in [3.8, 4) is 23.5 Å². The molecule has 0 unspecified atom stereocenters. The van der Waals surface area contributed by atoms with Crippen molar-refractivity contribution in [3.05, 3.63) is 30.1 Å². The van der Waals surface area contributed by atoms with Crippen LogP contribution in [0.4, 0.5) is 0 Å². The summed E-state index contributed by atoms with van der Waals surface area (Å²) in [7, 11) is 2.85. The summed E-state index contributed by atoms with van der Waals surface area (Å²) in [4.78, 5) is 39.9. The summed E-state index contributed by atoms with van der Waals surface area (Å²) < 4.78 is 15.6. The van der Waals surface area contributed by atoms with Gasteiger partial charge in [0.2, 0.25) is 11.8 Å². The van der Waals surface area contributed by atoms with Gasteiger partial charge in [0.1, 0.15) is 5.71 Å². The van der Waals surface area contributed by atoms with Crippen LogP contribution in [-0.2, 0) is 9.63 Å². The number of ether oxygens (including phenoxy) is 3. The van der Waals surface area contributed by atoms with Crippen LogP contribution >= 0.6 is 0 Å². The van der Waals surface area contributed by atoms with Gasteiger partial charge in [-0.05, 0) is 19.1 Å². The molecule has 10 heteroatoms. The number of hydrogen-bond acceptors (Lipinski definition) is 10. The Morgan fingerprint density at radius 1 is 1.08 bits per heavy atom. The van der Waals surface area contributed by atoms with E-state index in [-0.39, 0.29) is 40.7 Å². The highest BCUT2D eigenvalue weighted by molar-refractivity contribution is 6.37. The van der Waals surface area contributed by atoms with Crippen LogP contribution in [0.3, 0.4) is 0 Å². The molecular formula is C16H16N4O6. The van der Waals surface area contributed by atoms with E-state index in [0.717, 1.165) is 0 Å². The molecule has 10 nitrogen and oxygen atoms in total. The zero-order chi connectivity index (χ0) is 19.1. The Kier molecular flexibility index (Phi) is 6.15. The van der Waals surface area contributed by atoms with Gasteiger partial charge in [0.25, 0.3) is 0 Å². The number of aromatic nitrogens is 3. The van der Waals surface area contributed by atoms with E-state index < -0.39 is 5.97 Å². The van der Waals surface area contributed by atoms with E-state index in [2.05, 4.69) is 20.1 Å². The van der Waals surface area contributed by atoms with Gasteiger partial charge in [-0.15, -0.1) is 0 Å². The quantitative estimate of drug-likeness (QED) is 0.413. The second-order valence-corrected chi connectivity index (χ2v) is 4.80. The van der Waals surface area contributed by atoms with Crippen LogP contribution in [0, 0.1) is 0 Å². The molecule has 0 aromatic carbocycles. The number of hydrogen-bond donors (Lipinski definition) is 0. The Labute approximate surface area is 148 Å². The summed E-state index contributed by atoms with van der Waals surface area (Å²) in [5, 5.41) is 3.45. The van der Waals surface area contributed by atoms with Gasteiger partial charge in [0, 0.05) is 13.1 Å². The van der Waals surface area contributed by atoms with E-state index in [1.807, 2.05) is 0 Å². The van der Waals surface area contributed by atoms with E-state index in [4.69, 9.17) is 19.0 Å². The van der Waals surface area contributed by atoms with Crippen molar-refractivity contribution in [3.63, 3.8) is 0 Å². The molecule has 2 aromatic heterocycles. The van der Waals surface area contributed by atoms with Gasteiger partial charge in [-0.2, -0.15) is 9.97 Å². The van der Waals surface area contributed by atoms with Gasteiger partial charge >= 0.3 is 12.0 Å². The predicted octanol–water partition coefficient (Wildman–Crippen LogP) is 1.80. The lowest BCUT2D eigenvalue weighted by molar-refractivity contribution is -0.111.